The largest absolute Gasteiger partial charge is 0.354 e. The molecule has 1 aromatic carbocycles. The molecule has 1 saturated carbocycles. The molecule has 1 aliphatic carbocycles. The summed E-state index contributed by atoms with van der Waals surface area (Å²) in [6.45, 7) is 3.16. The van der Waals surface area contributed by atoms with E-state index >= 15 is 0 Å². The number of ketones is 1. The lowest BCUT2D eigenvalue weighted by atomic mass is 9.81. The standard InChI is InChI=1S/C16H21NO2/c1-11(18)13-6-8-14(9-7-13)15-4-3-5-16(10-15)17-12(2)19/h6-9,15-16H,3-5,10H2,1-2H3,(H,17,19)/t15-,16+/m1/s1. The molecule has 0 radical (unpaired) electrons. The number of Topliss-reactive ketones (excluding diaryl/α,β-unsaturated/α-hetero) is 1. The maximum Gasteiger partial charge on any atom is 0.217 e. The molecule has 2 atom stereocenters. The molecular formula is C16H21NO2. The predicted octanol–water partition coefficient (Wildman–Crippen LogP) is 3.05. The zero-order valence-corrected chi connectivity index (χ0v) is 11.6. The van der Waals surface area contributed by atoms with Gasteiger partial charge in [0.25, 0.3) is 0 Å². The monoisotopic (exact) mass is 259 g/mol. The van der Waals surface area contributed by atoms with E-state index in [9.17, 15) is 9.59 Å². The normalized spacial score (nSPS) is 22.8. The van der Waals surface area contributed by atoms with E-state index in [1.165, 1.54) is 5.56 Å². The number of amides is 1. The molecule has 0 bridgehead atoms. The van der Waals surface area contributed by atoms with Crippen LogP contribution in [0.2, 0.25) is 0 Å². The topological polar surface area (TPSA) is 46.2 Å². The van der Waals surface area contributed by atoms with Crippen LogP contribution in [-0.4, -0.2) is 17.7 Å². The Morgan fingerprint density at radius 1 is 1.11 bits per heavy atom. The Balaban J connectivity index is 2.04. The molecule has 3 heteroatoms. The first kappa shape index (κ1) is 13.8. The van der Waals surface area contributed by atoms with Crippen molar-refractivity contribution in [3.8, 4) is 0 Å². The summed E-state index contributed by atoms with van der Waals surface area (Å²) in [5.74, 6) is 0.649. The highest BCUT2D eigenvalue weighted by molar-refractivity contribution is 5.94. The Hall–Kier alpha value is -1.64. The molecule has 0 spiro atoms. The molecule has 1 fully saturated rings. The molecule has 0 heterocycles. The fourth-order valence-electron chi connectivity index (χ4n) is 2.90. The predicted molar refractivity (Wildman–Crippen MR) is 75.3 cm³/mol. The fourth-order valence-corrected chi connectivity index (χ4v) is 2.90. The van der Waals surface area contributed by atoms with Crippen LogP contribution in [0.25, 0.3) is 0 Å². The van der Waals surface area contributed by atoms with E-state index < -0.39 is 0 Å². The number of nitrogens with one attached hydrogen (secondary N) is 1. The first-order valence-corrected chi connectivity index (χ1v) is 6.94. The lowest BCUT2D eigenvalue weighted by molar-refractivity contribution is -0.119. The summed E-state index contributed by atoms with van der Waals surface area (Å²) in [6, 6.07) is 8.21. The van der Waals surface area contributed by atoms with Gasteiger partial charge in [-0.25, -0.2) is 0 Å². The Morgan fingerprint density at radius 3 is 2.37 bits per heavy atom. The van der Waals surface area contributed by atoms with Crippen LogP contribution in [0.3, 0.4) is 0 Å². The van der Waals surface area contributed by atoms with Crippen LogP contribution in [0.4, 0.5) is 0 Å². The van der Waals surface area contributed by atoms with E-state index in [1.54, 1.807) is 13.8 Å². The third-order valence-corrected chi connectivity index (χ3v) is 3.87. The number of hydrogen-bond acceptors (Lipinski definition) is 2. The smallest absolute Gasteiger partial charge is 0.217 e. The molecule has 3 nitrogen and oxygen atoms in total. The Bertz CT molecular complexity index is 464. The molecule has 102 valence electrons. The van der Waals surface area contributed by atoms with E-state index in [2.05, 4.69) is 17.4 Å². The van der Waals surface area contributed by atoms with E-state index in [0.29, 0.717) is 12.0 Å². The number of benzene rings is 1. The van der Waals surface area contributed by atoms with Crippen molar-refractivity contribution in [2.45, 2.75) is 51.5 Å². The lowest BCUT2D eigenvalue weighted by Crippen LogP contribution is -2.36. The number of hydrogen-bond donors (Lipinski definition) is 1. The van der Waals surface area contributed by atoms with Crippen LogP contribution in [0.15, 0.2) is 24.3 Å². The van der Waals surface area contributed by atoms with Crippen LogP contribution < -0.4 is 5.32 Å². The first-order chi connectivity index (χ1) is 9.06. The summed E-state index contributed by atoms with van der Waals surface area (Å²) >= 11 is 0. The molecule has 0 aromatic heterocycles. The van der Waals surface area contributed by atoms with E-state index in [4.69, 9.17) is 0 Å². The summed E-state index contributed by atoms with van der Waals surface area (Å²) in [6.07, 6.45) is 4.38. The average Bonchev–Trinajstić information content (AvgIpc) is 2.38. The molecule has 2 rings (SSSR count). The molecule has 0 aliphatic heterocycles. The van der Waals surface area contributed by atoms with Crippen molar-refractivity contribution in [2.24, 2.45) is 0 Å². The van der Waals surface area contributed by atoms with Crippen LogP contribution in [0, 0.1) is 0 Å². The Labute approximate surface area is 114 Å². The van der Waals surface area contributed by atoms with Crippen LogP contribution in [0.1, 0.15) is 61.4 Å². The van der Waals surface area contributed by atoms with Gasteiger partial charge < -0.3 is 5.32 Å². The van der Waals surface area contributed by atoms with Crippen LogP contribution >= 0.6 is 0 Å². The van der Waals surface area contributed by atoms with Crippen LogP contribution in [0.5, 0.6) is 0 Å². The summed E-state index contributed by atoms with van der Waals surface area (Å²) < 4.78 is 0. The second-order valence-corrected chi connectivity index (χ2v) is 5.44. The maximum atomic E-state index is 11.3. The highest BCUT2D eigenvalue weighted by Gasteiger charge is 2.23. The van der Waals surface area contributed by atoms with Crippen molar-refractivity contribution in [1.29, 1.82) is 0 Å². The third kappa shape index (κ3) is 3.66. The minimum Gasteiger partial charge on any atom is -0.354 e. The molecular weight excluding hydrogens is 238 g/mol. The van der Waals surface area contributed by atoms with Gasteiger partial charge in [-0.05, 0) is 37.7 Å². The van der Waals surface area contributed by atoms with Gasteiger partial charge in [0.2, 0.25) is 5.91 Å². The van der Waals surface area contributed by atoms with Gasteiger partial charge in [0.1, 0.15) is 0 Å². The van der Waals surface area contributed by atoms with Gasteiger partial charge >= 0.3 is 0 Å². The number of carbonyl (C=O) groups excluding carboxylic acids is 2. The molecule has 0 saturated heterocycles. The number of carbonyl (C=O) groups is 2. The summed E-state index contributed by atoms with van der Waals surface area (Å²) in [5, 5.41) is 3.02. The van der Waals surface area contributed by atoms with Crippen molar-refractivity contribution in [3.05, 3.63) is 35.4 Å². The van der Waals surface area contributed by atoms with E-state index in [0.717, 1.165) is 31.2 Å². The van der Waals surface area contributed by atoms with Crippen LogP contribution in [-0.2, 0) is 4.79 Å². The Morgan fingerprint density at radius 2 is 1.79 bits per heavy atom. The molecule has 1 amide bonds. The third-order valence-electron chi connectivity index (χ3n) is 3.87. The molecule has 19 heavy (non-hydrogen) atoms. The van der Waals surface area contributed by atoms with Gasteiger partial charge in [0, 0.05) is 18.5 Å². The van der Waals surface area contributed by atoms with Gasteiger partial charge in [-0.2, -0.15) is 0 Å². The minimum atomic E-state index is 0.0533. The van der Waals surface area contributed by atoms with E-state index in [-0.39, 0.29) is 11.7 Å². The summed E-state index contributed by atoms with van der Waals surface area (Å²) in [7, 11) is 0. The van der Waals surface area contributed by atoms with Gasteiger partial charge in [-0.15, -0.1) is 0 Å². The van der Waals surface area contributed by atoms with Crippen molar-refractivity contribution < 1.29 is 9.59 Å². The average molecular weight is 259 g/mol. The molecule has 0 unspecified atom stereocenters. The van der Waals surface area contributed by atoms with Gasteiger partial charge in [-0.1, -0.05) is 30.7 Å². The zero-order chi connectivity index (χ0) is 13.8. The van der Waals surface area contributed by atoms with Gasteiger partial charge in [0.05, 0.1) is 0 Å². The van der Waals surface area contributed by atoms with Crippen molar-refractivity contribution in [3.63, 3.8) is 0 Å². The van der Waals surface area contributed by atoms with Gasteiger partial charge in [-0.3, -0.25) is 9.59 Å². The molecule has 1 N–H and O–H groups in total. The highest BCUT2D eigenvalue weighted by atomic mass is 16.1. The SMILES string of the molecule is CC(=O)N[C@H]1CCC[C@@H](c2ccc(C(C)=O)cc2)C1. The summed E-state index contributed by atoms with van der Waals surface area (Å²) in [5.41, 5.74) is 2.04. The number of rotatable bonds is 3. The zero-order valence-electron chi connectivity index (χ0n) is 11.6. The van der Waals surface area contributed by atoms with Crippen molar-refractivity contribution in [2.75, 3.05) is 0 Å². The maximum absolute atomic E-state index is 11.3. The first-order valence-electron chi connectivity index (χ1n) is 6.94. The van der Waals surface area contributed by atoms with Crippen molar-refractivity contribution in [1.82, 2.24) is 5.32 Å². The second kappa shape index (κ2) is 6.00. The minimum absolute atomic E-state index is 0.0533. The molecule has 1 aliphatic rings. The second-order valence-electron chi connectivity index (χ2n) is 5.44. The quantitative estimate of drug-likeness (QED) is 0.848. The molecule has 1 aromatic rings. The highest BCUT2D eigenvalue weighted by Crippen LogP contribution is 2.33. The summed E-state index contributed by atoms with van der Waals surface area (Å²) in [4.78, 5) is 22.4. The Kier molecular flexibility index (Phi) is 4.35. The lowest BCUT2D eigenvalue weighted by Gasteiger charge is -2.29. The van der Waals surface area contributed by atoms with Crippen molar-refractivity contribution >= 4 is 11.7 Å². The van der Waals surface area contributed by atoms with Gasteiger partial charge in [0.15, 0.2) is 5.78 Å². The van der Waals surface area contributed by atoms with E-state index in [1.807, 2.05) is 12.1 Å². The fraction of sp³-hybridized carbons (Fsp3) is 0.500.